The molecule has 0 rings (SSSR count). The minimum atomic E-state index is -0.282. The summed E-state index contributed by atoms with van der Waals surface area (Å²) in [5.41, 5.74) is 0.0452. The lowest BCUT2D eigenvalue weighted by Crippen LogP contribution is -2.21. The first kappa shape index (κ1) is 20.8. The van der Waals surface area contributed by atoms with Crippen LogP contribution in [-0.4, -0.2) is 51.8 Å². The van der Waals surface area contributed by atoms with Gasteiger partial charge in [0.1, 0.15) is 6.61 Å². The van der Waals surface area contributed by atoms with Crippen molar-refractivity contribution in [2.75, 3.05) is 46.2 Å². The van der Waals surface area contributed by atoms with Crippen LogP contribution in [0.1, 0.15) is 48.0 Å². The number of ether oxygens (including phenoxy) is 3. The van der Waals surface area contributed by atoms with E-state index in [0.717, 1.165) is 13.0 Å². The van der Waals surface area contributed by atoms with E-state index in [1.54, 1.807) is 0 Å². The van der Waals surface area contributed by atoms with Crippen molar-refractivity contribution >= 4 is 0 Å². The van der Waals surface area contributed by atoms with Crippen molar-refractivity contribution in [1.29, 1.82) is 0 Å². The molecule has 0 bridgehead atoms. The molecule has 0 aromatic rings. The van der Waals surface area contributed by atoms with Crippen molar-refractivity contribution in [2.24, 2.45) is 5.41 Å². The van der Waals surface area contributed by atoms with Crippen molar-refractivity contribution in [2.45, 2.75) is 53.6 Å². The van der Waals surface area contributed by atoms with E-state index in [-0.39, 0.29) is 5.60 Å². The van der Waals surface area contributed by atoms with Gasteiger partial charge in [0.25, 0.3) is 0 Å². The molecule has 5 nitrogen and oxygen atoms in total. The summed E-state index contributed by atoms with van der Waals surface area (Å²) in [5.74, 6) is 0. The van der Waals surface area contributed by atoms with Crippen molar-refractivity contribution in [1.82, 2.24) is 0 Å². The maximum absolute atomic E-state index is 5.50. The van der Waals surface area contributed by atoms with E-state index in [9.17, 15) is 0 Å². The Morgan fingerprint density at radius 1 is 0.571 bits per heavy atom. The molecule has 0 aromatic heterocycles. The summed E-state index contributed by atoms with van der Waals surface area (Å²) in [6.45, 7) is 16.5. The van der Waals surface area contributed by atoms with Crippen LogP contribution in [0.15, 0.2) is 0 Å². The summed E-state index contributed by atoms with van der Waals surface area (Å²) in [4.78, 5) is 10.1. The Morgan fingerprint density at radius 2 is 1.00 bits per heavy atom. The predicted octanol–water partition coefficient (Wildman–Crippen LogP) is 3.22. The van der Waals surface area contributed by atoms with Gasteiger partial charge in [-0.2, -0.15) is 0 Å². The van der Waals surface area contributed by atoms with E-state index in [0.29, 0.717) is 45.1 Å². The molecule has 0 N–H and O–H groups in total. The minimum Gasteiger partial charge on any atom is -0.379 e. The van der Waals surface area contributed by atoms with Gasteiger partial charge < -0.3 is 14.2 Å². The van der Waals surface area contributed by atoms with Crippen LogP contribution in [0.25, 0.3) is 0 Å². The molecule has 0 unspecified atom stereocenters. The second-order valence-corrected chi connectivity index (χ2v) is 7.17. The fourth-order valence-electron chi connectivity index (χ4n) is 1.23. The van der Waals surface area contributed by atoms with Crippen molar-refractivity contribution in [3.05, 3.63) is 0 Å². The van der Waals surface area contributed by atoms with Gasteiger partial charge >= 0.3 is 0 Å². The molecule has 0 radical (unpaired) electrons. The second-order valence-electron chi connectivity index (χ2n) is 7.17. The third kappa shape index (κ3) is 19.8. The molecule has 0 heterocycles. The molecule has 0 aromatic carbocycles. The topological polar surface area (TPSA) is 46.2 Å². The molecular weight excluding hydrogens is 272 g/mol. The molecule has 0 saturated carbocycles. The fourth-order valence-corrected chi connectivity index (χ4v) is 1.23. The molecule has 21 heavy (non-hydrogen) atoms. The molecule has 128 valence electrons. The van der Waals surface area contributed by atoms with Crippen molar-refractivity contribution < 1.29 is 24.0 Å². The third-order valence-corrected chi connectivity index (χ3v) is 2.36. The summed E-state index contributed by atoms with van der Waals surface area (Å²) in [6.07, 6.45) is 1.06. The standard InChI is InChI=1S/C16H34O5/c1-15(2,3)7-8-17-9-10-18-11-12-19-13-14-20-21-16(4,5)6/h7-14H2,1-6H3. The van der Waals surface area contributed by atoms with E-state index < -0.39 is 0 Å². The van der Waals surface area contributed by atoms with Crippen LogP contribution in [0, 0.1) is 5.41 Å². The lowest BCUT2D eigenvalue weighted by Gasteiger charge is -2.17. The zero-order valence-electron chi connectivity index (χ0n) is 14.7. The van der Waals surface area contributed by atoms with Gasteiger partial charge in [-0.05, 0) is 32.6 Å². The maximum Gasteiger partial charge on any atom is 0.106 e. The lowest BCUT2D eigenvalue weighted by atomic mass is 9.93. The summed E-state index contributed by atoms with van der Waals surface area (Å²) in [6, 6.07) is 0. The number of rotatable bonds is 12. The Morgan fingerprint density at radius 3 is 1.43 bits per heavy atom. The van der Waals surface area contributed by atoms with E-state index in [1.165, 1.54) is 0 Å². The van der Waals surface area contributed by atoms with Gasteiger partial charge in [0.15, 0.2) is 0 Å². The Bertz CT molecular complexity index is 206. The van der Waals surface area contributed by atoms with Crippen LogP contribution in [-0.2, 0) is 24.0 Å². The van der Waals surface area contributed by atoms with Crippen LogP contribution in [0.3, 0.4) is 0 Å². The normalized spacial score (nSPS) is 12.9. The van der Waals surface area contributed by atoms with Crippen molar-refractivity contribution in [3.63, 3.8) is 0 Å². The summed E-state index contributed by atoms with van der Waals surface area (Å²) >= 11 is 0. The summed E-state index contributed by atoms with van der Waals surface area (Å²) in [5, 5.41) is 0. The average molecular weight is 306 g/mol. The molecule has 0 aliphatic rings. The van der Waals surface area contributed by atoms with Crippen LogP contribution in [0.4, 0.5) is 0 Å². The van der Waals surface area contributed by atoms with Gasteiger partial charge in [0, 0.05) is 6.61 Å². The highest BCUT2D eigenvalue weighted by Gasteiger charge is 2.11. The summed E-state index contributed by atoms with van der Waals surface area (Å²) in [7, 11) is 0. The molecule has 0 fully saturated rings. The first-order chi connectivity index (χ1) is 9.71. The van der Waals surface area contributed by atoms with E-state index in [4.69, 9.17) is 24.0 Å². The molecule has 0 aliphatic carbocycles. The van der Waals surface area contributed by atoms with Crippen LogP contribution in [0.5, 0.6) is 0 Å². The summed E-state index contributed by atoms with van der Waals surface area (Å²) < 4.78 is 16.3. The lowest BCUT2D eigenvalue weighted by molar-refractivity contribution is -0.351. The van der Waals surface area contributed by atoms with Gasteiger partial charge in [-0.25, -0.2) is 9.78 Å². The van der Waals surface area contributed by atoms with Crippen LogP contribution in [0.2, 0.25) is 0 Å². The highest BCUT2D eigenvalue weighted by molar-refractivity contribution is 4.59. The second kappa shape index (κ2) is 11.4. The minimum absolute atomic E-state index is 0.282. The van der Waals surface area contributed by atoms with Crippen molar-refractivity contribution in [3.8, 4) is 0 Å². The first-order valence-corrected chi connectivity index (χ1v) is 7.75. The molecular formula is C16H34O5. The Labute approximate surface area is 130 Å². The van der Waals surface area contributed by atoms with E-state index in [2.05, 4.69) is 20.8 Å². The molecule has 5 heteroatoms. The quantitative estimate of drug-likeness (QED) is 0.315. The first-order valence-electron chi connectivity index (χ1n) is 7.75. The van der Waals surface area contributed by atoms with Gasteiger partial charge in [-0.15, -0.1) is 0 Å². The third-order valence-electron chi connectivity index (χ3n) is 2.36. The van der Waals surface area contributed by atoms with Crippen LogP contribution >= 0.6 is 0 Å². The van der Waals surface area contributed by atoms with Gasteiger partial charge in [-0.1, -0.05) is 20.8 Å². The Balaban J connectivity index is 3.10. The molecule has 0 aliphatic heterocycles. The fraction of sp³-hybridized carbons (Fsp3) is 1.00. The number of hydrogen-bond donors (Lipinski definition) is 0. The van der Waals surface area contributed by atoms with Crippen LogP contribution < -0.4 is 0 Å². The average Bonchev–Trinajstić information content (AvgIpc) is 2.32. The van der Waals surface area contributed by atoms with Gasteiger partial charge in [0.2, 0.25) is 0 Å². The molecule has 0 saturated heterocycles. The molecule has 0 amide bonds. The largest absolute Gasteiger partial charge is 0.379 e. The monoisotopic (exact) mass is 306 g/mol. The molecule has 0 spiro atoms. The highest BCUT2D eigenvalue weighted by Crippen LogP contribution is 2.17. The Kier molecular flexibility index (Phi) is 11.3. The van der Waals surface area contributed by atoms with Gasteiger partial charge in [-0.3, -0.25) is 0 Å². The zero-order valence-corrected chi connectivity index (χ0v) is 14.7. The smallest absolute Gasteiger partial charge is 0.106 e. The Hall–Kier alpha value is -0.200. The number of hydrogen-bond acceptors (Lipinski definition) is 5. The predicted molar refractivity (Wildman–Crippen MR) is 83.3 cm³/mol. The SMILES string of the molecule is CC(C)(C)CCOCCOCCOCCOOC(C)(C)C. The van der Waals surface area contributed by atoms with E-state index in [1.807, 2.05) is 20.8 Å². The van der Waals surface area contributed by atoms with E-state index >= 15 is 0 Å². The molecule has 0 atom stereocenters. The maximum atomic E-state index is 5.50. The highest BCUT2D eigenvalue weighted by atomic mass is 17.2. The van der Waals surface area contributed by atoms with Gasteiger partial charge in [0.05, 0.1) is 38.6 Å². The zero-order chi connectivity index (χ0) is 16.2.